The summed E-state index contributed by atoms with van der Waals surface area (Å²) in [5.74, 6) is -0.840. The van der Waals surface area contributed by atoms with Crippen molar-refractivity contribution in [2.75, 3.05) is 13.6 Å². The lowest BCUT2D eigenvalue weighted by atomic mass is 9.97. The summed E-state index contributed by atoms with van der Waals surface area (Å²) in [7, 11) is -2.42. The van der Waals surface area contributed by atoms with Crippen LogP contribution in [0, 0.1) is 11.2 Å². The molecular formula is C13H20FNO3S. The van der Waals surface area contributed by atoms with Crippen molar-refractivity contribution in [2.24, 2.45) is 5.41 Å². The Hall–Kier alpha value is -0.980. The molecule has 0 aliphatic rings. The van der Waals surface area contributed by atoms with E-state index < -0.39 is 15.8 Å². The quantitative estimate of drug-likeness (QED) is 0.922. The number of hydrogen-bond donors (Lipinski definition) is 1. The molecule has 0 aliphatic carbocycles. The Morgan fingerprint density at radius 1 is 1.32 bits per heavy atom. The number of hydrogen-bond acceptors (Lipinski definition) is 3. The Morgan fingerprint density at radius 3 is 2.32 bits per heavy atom. The standard InChI is InChI=1S/C13H20FNO3S/c1-13(2,3)9-15(4)19(17,18)12-6-5-10(8-16)7-11(12)14/h5-7,16H,8-9H2,1-4H3. The molecule has 1 aromatic rings. The van der Waals surface area contributed by atoms with Crippen LogP contribution in [-0.4, -0.2) is 31.4 Å². The highest BCUT2D eigenvalue weighted by Crippen LogP contribution is 2.23. The van der Waals surface area contributed by atoms with Crippen LogP contribution in [0.5, 0.6) is 0 Å². The molecule has 0 aromatic heterocycles. The molecular weight excluding hydrogens is 269 g/mol. The van der Waals surface area contributed by atoms with E-state index in [2.05, 4.69) is 0 Å². The summed E-state index contributed by atoms with van der Waals surface area (Å²) in [5, 5.41) is 8.89. The molecule has 0 atom stereocenters. The number of halogens is 1. The molecule has 0 fully saturated rings. The maximum Gasteiger partial charge on any atom is 0.245 e. The number of benzene rings is 1. The first-order valence-corrected chi connectivity index (χ1v) is 7.37. The van der Waals surface area contributed by atoms with Crippen LogP contribution in [0.4, 0.5) is 4.39 Å². The second-order valence-corrected chi connectivity index (χ2v) is 7.76. The fraction of sp³-hybridized carbons (Fsp3) is 0.538. The Morgan fingerprint density at radius 2 is 1.89 bits per heavy atom. The van der Waals surface area contributed by atoms with E-state index in [1.54, 1.807) is 0 Å². The van der Waals surface area contributed by atoms with E-state index in [0.717, 1.165) is 10.4 Å². The van der Waals surface area contributed by atoms with Crippen molar-refractivity contribution in [3.63, 3.8) is 0 Å². The van der Waals surface area contributed by atoms with E-state index in [1.165, 1.54) is 19.2 Å². The molecule has 19 heavy (non-hydrogen) atoms. The van der Waals surface area contributed by atoms with Gasteiger partial charge in [0.2, 0.25) is 10.0 Å². The van der Waals surface area contributed by atoms with Gasteiger partial charge in [-0.05, 0) is 23.1 Å². The van der Waals surface area contributed by atoms with Gasteiger partial charge in [0.15, 0.2) is 0 Å². The number of rotatable bonds is 4. The first kappa shape index (κ1) is 16.1. The lowest BCUT2D eigenvalue weighted by Gasteiger charge is -2.26. The van der Waals surface area contributed by atoms with Gasteiger partial charge >= 0.3 is 0 Å². The molecule has 0 radical (unpaired) electrons. The van der Waals surface area contributed by atoms with Gasteiger partial charge in [-0.3, -0.25) is 0 Å². The van der Waals surface area contributed by atoms with Gasteiger partial charge in [-0.2, -0.15) is 0 Å². The van der Waals surface area contributed by atoms with E-state index in [1.807, 2.05) is 20.8 Å². The molecule has 0 bridgehead atoms. The maximum atomic E-state index is 13.8. The van der Waals surface area contributed by atoms with Gasteiger partial charge in [-0.1, -0.05) is 26.8 Å². The molecule has 0 amide bonds. The highest BCUT2D eigenvalue weighted by molar-refractivity contribution is 7.89. The van der Waals surface area contributed by atoms with Crippen LogP contribution < -0.4 is 0 Å². The Labute approximate surface area is 113 Å². The molecule has 108 valence electrons. The largest absolute Gasteiger partial charge is 0.392 e. The molecule has 0 spiro atoms. The van der Waals surface area contributed by atoms with Gasteiger partial charge in [0.1, 0.15) is 10.7 Å². The predicted molar refractivity (Wildman–Crippen MR) is 71.6 cm³/mol. The molecule has 0 saturated heterocycles. The van der Waals surface area contributed by atoms with E-state index in [0.29, 0.717) is 5.56 Å². The molecule has 1 rings (SSSR count). The van der Waals surface area contributed by atoms with Gasteiger partial charge in [0.05, 0.1) is 6.61 Å². The summed E-state index contributed by atoms with van der Waals surface area (Å²) in [5.41, 5.74) is 0.124. The lowest BCUT2D eigenvalue weighted by Crippen LogP contribution is -2.35. The molecule has 1 aromatic carbocycles. The fourth-order valence-electron chi connectivity index (χ4n) is 1.77. The zero-order chi connectivity index (χ0) is 14.8. The van der Waals surface area contributed by atoms with E-state index >= 15 is 0 Å². The molecule has 0 aliphatic heterocycles. The zero-order valence-corrected chi connectivity index (χ0v) is 12.5. The molecule has 0 heterocycles. The number of nitrogens with zero attached hydrogens (tertiary/aromatic N) is 1. The van der Waals surface area contributed by atoms with Crippen LogP contribution in [0.1, 0.15) is 26.3 Å². The topological polar surface area (TPSA) is 57.6 Å². The molecule has 0 saturated carbocycles. The third-order valence-electron chi connectivity index (χ3n) is 2.56. The van der Waals surface area contributed by atoms with Crippen molar-refractivity contribution in [2.45, 2.75) is 32.3 Å². The smallest absolute Gasteiger partial charge is 0.245 e. The minimum Gasteiger partial charge on any atom is -0.392 e. The summed E-state index contributed by atoms with van der Waals surface area (Å²) < 4.78 is 39.5. The van der Waals surface area contributed by atoms with E-state index in [9.17, 15) is 12.8 Å². The van der Waals surface area contributed by atoms with Crippen molar-refractivity contribution < 1.29 is 17.9 Å². The van der Waals surface area contributed by atoms with Gasteiger partial charge in [0, 0.05) is 13.6 Å². The SMILES string of the molecule is CN(CC(C)(C)C)S(=O)(=O)c1ccc(CO)cc1F. The number of aliphatic hydroxyl groups excluding tert-OH is 1. The van der Waals surface area contributed by atoms with Crippen LogP contribution in [-0.2, 0) is 16.6 Å². The summed E-state index contributed by atoms with van der Waals surface area (Å²) >= 11 is 0. The molecule has 4 nitrogen and oxygen atoms in total. The Balaban J connectivity index is 3.13. The van der Waals surface area contributed by atoms with Crippen LogP contribution in [0.15, 0.2) is 23.1 Å². The van der Waals surface area contributed by atoms with Gasteiger partial charge in [0.25, 0.3) is 0 Å². The number of aliphatic hydroxyl groups is 1. The molecule has 1 N–H and O–H groups in total. The minimum atomic E-state index is -3.85. The minimum absolute atomic E-state index is 0.219. The van der Waals surface area contributed by atoms with Crippen molar-refractivity contribution in [3.8, 4) is 0 Å². The van der Waals surface area contributed by atoms with Crippen LogP contribution >= 0.6 is 0 Å². The highest BCUT2D eigenvalue weighted by atomic mass is 32.2. The monoisotopic (exact) mass is 289 g/mol. The van der Waals surface area contributed by atoms with Crippen molar-refractivity contribution >= 4 is 10.0 Å². The van der Waals surface area contributed by atoms with Gasteiger partial charge in [-0.25, -0.2) is 17.1 Å². The number of sulfonamides is 1. The van der Waals surface area contributed by atoms with Crippen LogP contribution in [0.25, 0.3) is 0 Å². The second-order valence-electron chi connectivity index (χ2n) is 5.74. The second kappa shape index (κ2) is 5.56. The average Bonchev–Trinajstić information content (AvgIpc) is 2.26. The van der Waals surface area contributed by atoms with E-state index in [-0.39, 0.29) is 23.5 Å². The molecule has 6 heteroatoms. The van der Waals surface area contributed by atoms with Gasteiger partial charge in [-0.15, -0.1) is 0 Å². The highest BCUT2D eigenvalue weighted by Gasteiger charge is 2.27. The predicted octanol–water partition coefficient (Wildman–Crippen LogP) is 1.98. The zero-order valence-electron chi connectivity index (χ0n) is 11.6. The van der Waals surface area contributed by atoms with Crippen LogP contribution in [0.2, 0.25) is 0 Å². The average molecular weight is 289 g/mol. The lowest BCUT2D eigenvalue weighted by molar-refractivity contribution is 0.281. The summed E-state index contributed by atoms with van der Waals surface area (Å²) in [4.78, 5) is -0.364. The normalized spacial score (nSPS) is 13.0. The molecule has 0 unspecified atom stereocenters. The van der Waals surface area contributed by atoms with Crippen molar-refractivity contribution in [1.29, 1.82) is 0 Å². The first-order chi connectivity index (χ1) is 8.58. The summed E-state index contributed by atoms with van der Waals surface area (Å²) in [6.07, 6.45) is 0. The first-order valence-electron chi connectivity index (χ1n) is 5.93. The maximum absolute atomic E-state index is 13.8. The third kappa shape index (κ3) is 3.99. The van der Waals surface area contributed by atoms with Gasteiger partial charge < -0.3 is 5.11 Å². The van der Waals surface area contributed by atoms with Crippen molar-refractivity contribution in [3.05, 3.63) is 29.6 Å². The summed E-state index contributed by atoms with van der Waals surface area (Å²) in [6.45, 7) is 5.68. The van der Waals surface area contributed by atoms with E-state index in [4.69, 9.17) is 5.11 Å². The Bertz CT molecular complexity index is 549. The summed E-state index contributed by atoms with van der Waals surface area (Å²) in [6, 6.07) is 3.63. The Kier molecular flexibility index (Phi) is 4.71. The third-order valence-corrected chi connectivity index (χ3v) is 4.40. The van der Waals surface area contributed by atoms with Crippen LogP contribution in [0.3, 0.4) is 0 Å². The fourth-order valence-corrected chi connectivity index (χ4v) is 3.21. The van der Waals surface area contributed by atoms with Crippen molar-refractivity contribution in [1.82, 2.24) is 4.31 Å².